The van der Waals surface area contributed by atoms with Crippen LogP contribution in [0.15, 0.2) is 21.9 Å². The quantitative estimate of drug-likeness (QED) is 0.203. The van der Waals surface area contributed by atoms with E-state index in [0.29, 0.717) is 4.57 Å². The summed E-state index contributed by atoms with van der Waals surface area (Å²) in [6.07, 6.45) is -5.64. The molecule has 0 bridgehead atoms. The topological polar surface area (TPSA) is 253 Å². The molecule has 1 aromatic heterocycles. The maximum Gasteiger partial charge on any atom is 0.490 e. The van der Waals surface area contributed by atoms with E-state index >= 15 is 0 Å². The number of phosphoric acid groups is 3. The van der Waals surface area contributed by atoms with Crippen molar-refractivity contribution in [1.29, 1.82) is 0 Å². The zero-order chi connectivity index (χ0) is 23.8. The van der Waals surface area contributed by atoms with Gasteiger partial charge in [-0.1, -0.05) is 0 Å². The van der Waals surface area contributed by atoms with Gasteiger partial charge in [-0.15, -0.1) is 0 Å². The van der Waals surface area contributed by atoms with E-state index in [0.717, 1.165) is 19.4 Å². The molecule has 0 saturated carbocycles. The van der Waals surface area contributed by atoms with Crippen LogP contribution >= 0.6 is 23.5 Å². The molecular weight excluding hydrogens is 500 g/mol. The lowest BCUT2D eigenvalue weighted by atomic mass is 10.1. The fourth-order valence-corrected chi connectivity index (χ4v) is 5.44. The highest BCUT2D eigenvalue weighted by molar-refractivity contribution is 7.66. The molecule has 6 unspecified atom stereocenters. The van der Waals surface area contributed by atoms with Gasteiger partial charge >= 0.3 is 29.2 Å². The van der Waals surface area contributed by atoms with Gasteiger partial charge < -0.3 is 34.2 Å². The maximum absolute atomic E-state index is 14.7. The van der Waals surface area contributed by atoms with Gasteiger partial charge in [0.1, 0.15) is 12.7 Å². The molecule has 1 fully saturated rings. The molecule has 2 heterocycles. The molecule has 6 atom stereocenters. The molecule has 31 heavy (non-hydrogen) atoms. The highest BCUT2D eigenvalue weighted by atomic mass is 31.3. The van der Waals surface area contributed by atoms with Crippen molar-refractivity contribution in [2.75, 3.05) is 13.7 Å². The van der Waals surface area contributed by atoms with E-state index in [4.69, 9.17) is 24.2 Å². The lowest BCUT2D eigenvalue weighted by Gasteiger charge is -2.29. The van der Waals surface area contributed by atoms with Crippen molar-refractivity contribution in [2.45, 2.75) is 24.3 Å². The van der Waals surface area contributed by atoms with E-state index in [9.17, 15) is 37.7 Å². The second kappa shape index (κ2) is 9.03. The molecule has 1 aromatic rings. The zero-order valence-corrected chi connectivity index (χ0v) is 17.8. The third-order valence-electron chi connectivity index (χ3n) is 3.65. The molecule has 0 aromatic carbocycles. The second-order valence-electron chi connectivity index (χ2n) is 5.80. The SMILES string of the molecule is COC1(COP(=O)(O)OP(=O)(O)OP(=O)(O)O)OC(n2ccc(=O)[nH]c2=O)C(O)C1F. The Labute approximate surface area is 170 Å². The Bertz CT molecular complexity index is 1070. The molecule has 0 amide bonds. The van der Waals surface area contributed by atoms with Gasteiger partial charge in [0.15, 0.2) is 12.4 Å². The zero-order valence-electron chi connectivity index (χ0n) is 15.1. The number of phosphoric ester groups is 1. The van der Waals surface area contributed by atoms with E-state index < -0.39 is 65.6 Å². The van der Waals surface area contributed by atoms with Crippen LogP contribution in [0.25, 0.3) is 0 Å². The van der Waals surface area contributed by atoms with Crippen LogP contribution in [0.1, 0.15) is 6.23 Å². The van der Waals surface area contributed by atoms with Crippen molar-refractivity contribution >= 4 is 23.5 Å². The van der Waals surface area contributed by atoms with Gasteiger partial charge in [-0.3, -0.25) is 18.9 Å². The van der Waals surface area contributed by atoms with Crippen LogP contribution in [0.5, 0.6) is 0 Å². The van der Waals surface area contributed by atoms with Crippen LogP contribution in [0.2, 0.25) is 0 Å². The van der Waals surface area contributed by atoms with Crippen LogP contribution in [-0.2, 0) is 36.3 Å². The summed E-state index contributed by atoms with van der Waals surface area (Å²) in [5, 5.41) is 10.1. The van der Waals surface area contributed by atoms with E-state index in [-0.39, 0.29) is 0 Å². The number of ether oxygens (including phenoxy) is 2. The number of aromatic nitrogens is 2. The summed E-state index contributed by atoms with van der Waals surface area (Å²) >= 11 is 0. The first-order chi connectivity index (χ1) is 14.0. The number of aliphatic hydroxyl groups is 1. The smallest absolute Gasteiger partial charge is 0.385 e. The highest BCUT2D eigenvalue weighted by Gasteiger charge is 2.58. The van der Waals surface area contributed by atoms with Gasteiger partial charge in [0.25, 0.3) is 5.56 Å². The minimum Gasteiger partial charge on any atom is -0.385 e. The molecular formula is C10H16FN2O15P3. The summed E-state index contributed by atoms with van der Waals surface area (Å²) < 4.78 is 70.2. The molecule has 0 aliphatic carbocycles. The predicted octanol–water partition coefficient (Wildman–Crippen LogP) is -1.55. The van der Waals surface area contributed by atoms with Gasteiger partial charge in [-0.05, 0) is 0 Å². The first kappa shape index (κ1) is 26.2. The first-order valence-corrected chi connectivity index (χ1v) is 12.2. The molecule has 1 aliphatic heterocycles. The van der Waals surface area contributed by atoms with Crippen molar-refractivity contribution in [3.63, 3.8) is 0 Å². The molecule has 2 rings (SSSR count). The minimum atomic E-state index is -5.83. The number of aromatic amines is 1. The lowest BCUT2D eigenvalue weighted by Crippen LogP contribution is -2.46. The van der Waals surface area contributed by atoms with Crippen LogP contribution in [0, 0.1) is 0 Å². The van der Waals surface area contributed by atoms with Crippen molar-refractivity contribution in [3.8, 4) is 0 Å². The number of methoxy groups -OCH3 is 1. The summed E-state index contributed by atoms with van der Waals surface area (Å²) in [5.74, 6) is -2.68. The normalized spacial score (nSPS) is 30.6. The summed E-state index contributed by atoms with van der Waals surface area (Å²) in [4.78, 5) is 60.3. The third kappa shape index (κ3) is 6.46. The van der Waals surface area contributed by atoms with Crippen molar-refractivity contribution in [3.05, 3.63) is 33.1 Å². The van der Waals surface area contributed by atoms with E-state index in [2.05, 4.69) is 13.1 Å². The number of nitrogens with zero attached hydrogens (tertiary/aromatic N) is 1. The number of H-pyrrole nitrogens is 1. The van der Waals surface area contributed by atoms with Gasteiger partial charge in [-0.25, -0.2) is 22.9 Å². The minimum absolute atomic E-state index is 0.574. The van der Waals surface area contributed by atoms with Gasteiger partial charge in [0.05, 0.1) is 0 Å². The number of rotatable bonds is 9. The van der Waals surface area contributed by atoms with Gasteiger partial charge in [-0.2, -0.15) is 8.62 Å². The summed E-state index contributed by atoms with van der Waals surface area (Å²) in [7, 11) is -16.3. The number of nitrogens with one attached hydrogen (secondary N) is 1. The van der Waals surface area contributed by atoms with Crippen molar-refractivity contribution in [1.82, 2.24) is 9.55 Å². The summed E-state index contributed by atoms with van der Waals surface area (Å²) in [6.45, 7) is -1.40. The van der Waals surface area contributed by atoms with E-state index in [1.807, 2.05) is 4.98 Å². The average Bonchev–Trinajstić information content (AvgIpc) is 2.82. The number of halogens is 1. The Hall–Kier alpha value is -1.10. The van der Waals surface area contributed by atoms with Crippen molar-refractivity contribution < 1.29 is 65.4 Å². The Kier molecular flexibility index (Phi) is 7.62. The third-order valence-corrected chi connectivity index (χ3v) is 7.43. The van der Waals surface area contributed by atoms with Crippen LogP contribution < -0.4 is 11.2 Å². The van der Waals surface area contributed by atoms with Gasteiger partial charge in [0.2, 0.25) is 5.79 Å². The molecule has 1 saturated heterocycles. The van der Waals surface area contributed by atoms with Gasteiger partial charge in [0, 0.05) is 19.4 Å². The number of aliphatic hydroxyl groups excluding tert-OH is 1. The number of hydrogen-bond acceptors (Lipinski definition) is 11. The number of hydrogen-bond donors (Lipinski definition) is 6. The van der Waals surface area contributed by atoms with Crippen LogP contribution in [0.3, 0.4) is 0 Å². The second-order valence-corrected chi connectivity index (χ2v) is 10.2. The fraction of sp³-hybridized carbons (Fsp3) is 0.600. The maximum atomic E-state index is 14.7. The molecule has 21 heteroatoms. The molecule has 0 spiro atoms. The Morgan fingerprint density at radius 2 is 1.81 bits per heavy atom. The largest absolute Gasteiger partial charge is 0.490 e. The Balaban J connectivity index is 2.21. The van der Waals surface area contributed by atoms with E-state index in [1.165, 1.54) is 0 Å². The van der Waals surface area contributed by atoms with E-state index in [1.54, 1.807) is 0 Å². The van der Waals surface area contributed by atoms with Crippen LogP contribution in [-0.4, -0.2) is 66.0 Å². The molecule has 6 N–H and O–H groups in total. The summed E-state index contributed by atoms with van der Waals surface area (Å²) in [6, 6.07) is 0.851. The monoisotopic (exact) mass is 516 g/mol. The molecule has 0 radical (unpaired) electrons. The van der Waals surface area contributed by atoms with Crippen molar-refractivity contribution in [2.24, 2.45) is 0 Å². The molecule has 17 nitrogen and oxygen atoms in total. The molecule has 178 valence electrons. The standard InChI is InChI=1S/C10H16FN2O15P3/c1-24-10(4-25-30(20,21)28-31(22,23)27-29(17,18)19)7(11)6(15)8(26-10)13-3-2-5(14)12-9(13)16/h2-3,6-8,15H,4H2,1H3,(H,20,21)(H,22,23)(H,12,14,16)(H2,17,18,19). The van der Waals surface area contributed by atoms with Crippen LogP contribution in [0.4, 0.5) is 4.39 Å². The first-order valence-electron chi connectivity index (χ1n) is 7.66. The Morgan fingerprint density at radius 1 is 1.19 bits per heavy atom. The molecule has 1 aliphatic rings. The Morgan fingerprint density at radius 3 is 2.32 bits per heavy atom. The fourth-order valence-electron chi connectivity index (χ4n) is 2.40. The highest BCUT2D eigenvalue weighted by Crippen LogP contribution is 2.66. The average molecular weight is 516 g/mol. The number of alkyl halides is 1. The predicted molar refractivity (Wildman–Crippen MR) is 91.9 cm³/mol. The summed E-state index contributed by atoms with van der Waals surface area (Å²) in [5.41, 5.74) is -1.92. The lowest BCUT2D eigenvalue weighted by molar-refractivity contribution is -0.258.